The van der Waals surface area contributed by atoms with Crippen molar-refractivity contribution in [3.63, 3.8) is 0 Å². The number of nitrogens with zero attached hydrogens (tertiary/aromatic N) is 1. The molecule has 9 nitrogen and oxygen atoms in total. The van der Waals surface area contributed by atoms with Gasteiger partial charge in [0.25, 0.3) is 0 Å². The molecule has 4 atom stereocenters. The lowest BCUT2D eigenvalue weighted by Crippen LogP contribution is -2.60. The van der Waals surface area contributed by atoms with Gasteiger partial charge in [0.1, 0.15) is 18.1 Å². The highest BCUT2D eigenvalue weighted by molar-refractivity contribution is 6.76. The largest absolute Gasteiger partial charge is 0.471 e. The number of piperidine rings is 1. The summed E-state index contributed by atoms with van der Waals surface area (Å²) in [6, 6.07) is -1.31. The number of alkyl halides is 3. The van der Waals surface area contributed by atoms with Gasteiger partial charge in [-0.25, -0.2) is 0 Å². The van der Waals surface area contributed by atoms with Crippen molar-refractivity contribution in [3.8, 4) is 6.07 Å². The number of halogens is 3. The number of carbonyl (C=O) groups excluding carboxylic acids is 4. The lowest BCUT2D eigenvalue weighted by atomic mass is 9.81. The Labute approximate surface area is 217 Å². The molecule has 0 radical (unpaired) electrons. The average molecular weight is 548 g/mol. The van der Waals surface area contributed by atoms with Crippen LogP contribution in [-0.2, 0) is 19.2 Å². The third kappa shape index (κ3) is 11.1. The molecule has 4 N–H and O–H groups in total. The van der Waals surface area contributed by atoms with E-state index in [9.17, 15) is 37.6 Å². The Kier molecular flexibility index (Phi) is 10.4. The number of hydrogen-bond donors (Lipinski definition) is 4. The van der Waals surface area contributed by atoms with Crippen LogP contribution in [0, 0.1) is 22.7 Å². The summed E-state index contributed by atoms with van der Waals surface area (Å²) in [5.41, 5.74) is -1.53. The summed E-state index contributed by atoms with van der Waals surface area (Å²) in [6.07, 6.45) is -4.10. The van der Waals surface area contributed by atoms with Crippen molar-refractivity contribution >= 4 is 31.7 Å². The minimum atomic E-state index is -5.18. The van der Waals surface area contributed by atoms with Crippen LogP contribution in [0.4, 0.5) is 13.2 Å². The van der Waals surface area contributed by atoms with Crippen molar-refractivity contribution in [2.45, 2.75) is 109 Å². The van der Waals surface area contributed by atoms with Gasteiger partial charge in [0.15, 0.2) is 0 Å². The van der Waals surface area contributed by atoms with E-state index in [1.807, 2.05) is 39.6 Å². The second-order valence-corrected chi connectivity index (χ2v) is 18.3. The summed E-state index contributed by atoms with van der Waals surface area (Å²) < 4.78 is 38.6. The standard InChI is InChI=1S/C24H40F3N5O4Si/c1-22(2,3)18(31-21(36)24(25,26)27)20(35)30-16(13-37(6,7)8)19(34)29-15(12-28)9-14-10-17(33)32-23(4,5)11-14/h14-16,18H,9-11,13H2,1-8H3,(H,29,34)(H,30,35)(H,31,36)(H,32,33). The molecular weight excluding hydrogens is 507 g/mol. The summed E-state index contributed by atoms with van der Waals surface area (Å²) in [7, 11) is -2.00. The van der Waals surface area contributed by atoms with E-state index in [1.165, 1.54) is 20.8 Å². The van der Waals surface area contributed by atoms with E-state index in [0.29, 0.717) is 6.42 Å². The van der Waals surface area contributed by atoms with Crippen LogP contribution in [0.15, 0.2) is 0 Å². The zero-order valence-electron chi connectivity index (χ0n) is 22.9. The summed E-state index contributed by atoms with van der Waals surface area (Å²) >= 11 is 0. The van der Waals surface area contributed by atoms with E-state index >= 15 is 0 Å². The SMILES string of the molecule is CC1(C)CC(CC(C#N)NC(=O)C(C[Si](C)(C)C)NC(=O)C(NC(=O)C(F)(F)F)C(C)(C)C)CC(=O)N1. The second kappa shape index (κ2) is 11.8. The van der Waals surface area contributed by atoms with E-state index in [-0.39, 0.29) is 30.7 Å². The Bertz CT molecular complexity index is 919. The van der Waals surface area contributed by atoms with Crippen LogP contribution in [0.1, 0.15) is 53.9 Å². The maximum Gasteiger partial charge on any atom is 0.471 e. The third-order valence-electron chi connectivity index (χ3n) is 5.90. The molecule has 0 saturated carbocycles. The summed E-state index contributed by atoms with van der Waals surface area (Å²) in [6.45, 7) is 14.1. The molecule has 1 saturated heterocycles. The van der Waals surface area contributed by atoms with Crippen molar-refractivity contribution in [1.29, 1.82) is 5.26 Å². The number of nitriles is 1. The topological polar surface area (TPSA) is 140 Å². The number of hydrogen-bond acceptors (Lipinski definition) is 5. The molecule has 1 aliphatic heterocycles. The lowest BCUT2D eigenvalue weighted by Gasteiger charge is -2.37. The molecule has 1 heterocycles. The van der Waals surface area contributed by atoms with E-state index in [1.54, 1.807) is 5.32 Å². The molecule has 1 aliphatic rings. The van der Waals surface area contributed by atoms with E-state index in [2.05, 4.69) is 16.0 Å². The van der Waals surface area contributed by atoms with Gasteiger partial charge in [-0.3, -0.25) is 19.2 Å². The van der Waals surface area contributed by atoms with Gasteiger partial charge in [-0.2, -0.15) is 18.4 Å². The number of amides is 4. The van der Waals surface area contributed by atoms with Crippen LogP contribution in [-0.4, -0.2) is 61.5 Å². The molecule has 0 bridgehead atoms. The van der Waals surface area contributed by atoms with Crippen molar-refractivity contribution in [2.75, 3.05) is 0 Å². The molecule has 0 aliphatic carbocycles. The highest BCUT2D eigenvalue weighted by Gasteiger charge is 2.44. The molecule has 4 unspecified atom stereocenters. The van der Waals surface area contributed by atoms with Gasteiger partial charge in [0.05, 0.1) is 6.07 Å². The van der Waals surface area contributed by atoms with Gasteiger partial charge in [0, 0.05) is 20.0 Å². The van der Waals surface area contributed by atoms with E-state index in [0.717, 1.165) is 0 Å². The van der Waals surface area contributed by atoms with E-state index < -0.39 is 61.1 Å². The number of nitrogens with one attached hydrogen (secondary N) is 4. The Morgan fingerprint density at radius 1 is 1.11 bits per heavy atom. The normalized spacial score (nSPS) is 20.5. The number of carbonyl (C=O) groups is 4. The van der Waals surface area contributed by atoms with Crippen molar-refractivity contribution in [2.24, 2.45) is 11.3 Å². The predicted molar refractivity (Wildman–Crippen MR) is 135 cm³/mol. The second-order valence-electron chi connectivity index (χ2n) is 12.7. The van der Waals surface area contributed by atoms with Gasteiger partial charge in [-0.05, 0) is 44.1 Å². The molecule has 4 amide bonds. The highest BCUT2D eigenvalue weighted by Crippen LogP contribution is 2.28. The fourth-order valence-corrected chi connectivity index (χ4v) is 5.93. The minimum Gasteiger partial charge on any atom is -0.351 e. The predicted octanol–water partition coefficient (Wildman–Crippen LogP) is 2.61. The zero-order valence-corrected chi connectivity index (χ0v) is 23.9. The van der Waals surface area contributed by atoms with Gasteiger partial charge in [-0.1, -0.05) is 40.4 Å². The maximum absolute atomic E-state index is 13.2. The molecule has 13 heteroatoms. The first kappa shape index (κ1) is 32.4. The summed E-state index contributed by atoms with van der Waals surface area (Å²) in [4.78, 5) is 49.9. The quantitative estimate of drug-likeness (QED) is 0.329. The fraction of sp³-hybridized carbons (Fsp3) is 0.792. The summed E-state index contributed by atoms with van der Waals surface area (Å²) in [5.74, 6) is -4.10. The Balaban J connectivity index is 3.07. The monoisotopic (exact) mass is 547 g/mol. The maximum atomic E-state index is 13.2. The van der Waals surface area contributed by atoms with Crippen LogP contribution in [0.2, 0.25) is 25.7 Å². The first-order valence-electron chi connectivity index (χ1n) is 12.2. The molecule has 0 aromatic rings. The van der Waals surface area contributed by atoms with Gasteiger partial charge in [0.2, 0.25) is 17.7 Å². The van der Waals surface area contributed by atoms with Gasteiger partial charge >= 0.3 is 12.1 Å². The molecule has 0 aromatic heterocycles. The molecule has 1 rings (SSSR count). The van der Waals surface area contributed by atoms with Crippen LogP contribution < -0.4 is 21.3 Å². The van der Waals surface area contributed by atoms with Crippen molar-refractivity contribution in [1.82, 2.24) is 21.3 Å². The number of rotatable bonds is 9. The van der Waals surface area contributed by atoms with Crippen molar-refractivity contribution in [3.05, 3.63) is 0 Å². The van der Waals surface area contributed by atoms with Crippen LogP contribution in [0.25, 0.3) is 0 Å². The van der Waals surface area contributed by atoms with Gasteiger partial charge < -0.3 is 21.3 Å². The van der Waals surface area contributed by atoms with Crippen LogP contribution >= 0.6 is 0 Å². The van der Waals surface area contributed by atoms with Crippen LogP contribution in [0.5, 0.6) is 0 Å². The molecule has 0 aromatic carbocycles. The first-order chi connectivity index (χ1) is 16.5. The smallest absolute Gasteiger partial charge is 0.351 e. The lowest BCUT2D eigenvalue weighted by molar-refractivity contribution is -0.175. The molecule has 37 heavy (non-hydrogen) atoms. The Hall–Kier alpha value is -2.62. The molecule has 0 spiro atoms. The zero-order chi connectivity index (χ0) is 29.0. The van der Waals surface area contributed by atoms with Crippen LogP contribution in [0.3, 0.4) is 0 Å². The molecular formula is C24H40F3N5O4Si. The highest BCUT2D eigenvalue weighted by atomic mass is 28.3. The Morgan fingerprint density at radius 3 is 2.11 bits per heavy atom. The molecule has 210 valence electrons. The first-order valence-corrected chi connectivity index (χ1v) is 15.9. The molecule has 1 fully saturated rings. The van der Waals surface area contributed by atoms with Crippen molar-refractivity contribution < 1.29 is 32.3 Å². The van der Waals surface area contributed by atoms with Gasteiger partial charge in [-0.15, -0.1) is 0 Å². The average Bonchev–Trinajstić information content (AvgIpc) is 2.66. The van der Waals surface area contributed by atoms with E-state index in [4.69, 9.17) is 0 Å². The Morgan fingerprint density at radius 2 is 1.68 bits per heavy atom. The summed E-state index contributed by atoms with van der Waals surface area (Å²) in [5, 5.41) is 19.4. The minimum absolute atomic E-state index is 0.137. The fourth-order valence-electron chi connectivity index (χ4n) is 4.42. The third-order valence-corrected chi connectivity index (χ3v) is 7.54.